The molecule has 2 unspecified atom stereocenters. The summed E-state index contributed by atoms with van der Waals surface area (Å²) in [5, 5.41) is 37.1. The lowest BCUT2D eigenvalue weighted by Gasteiger charge is -2.44. The van der Waals surface area contributed by atoms with Crippen LogP contribution in [-0.4, -0.2) is 133 Å². The number of fused-ring (bicyclic) bond motifs is 2. The van der Waals surface area contributed by atoms with E-state index in [0.717, 1.165) is 104 Å². The number of anilines is 3. The molecule has 8 atom stereocenters. The number of thiazole rings is 1. The maximum absolute atomic E-state index is 14.3. The number of carbonyl (C=O) groups excluding carboxylic acids is 2. The molecule has 5 N–H and O–H groups in total. The molecule has 2 amide bonds. The van der Waals surface area contributed by atoms with E-state index in [1.807, 2.05) is 81.9 Å². The van der Waals surface area contributed by atoms with Crippen LogP contribution in [0.3, 0.4) is 0 Å². The SMILES string of the molecule is Cc1ncsc1-c1ccc([C@H](C)NC(=O)[C@@H]2C[C@@H](O)CN2C(=O)[C@H](c2cc(OCC[C@@H]3CCN(C[C@H]4C[C@H](Oc5cc(N6C7CCC6CN(c6cc(-c8ccccc8O)nnc6N)C7)ccn5)C4)[C@H](C)C3)no2)C(C)C)cc1. The predicted octanol–water partition coefficient (Wildman–Crippen LogP) is 8.41. The summed E-state index contributed by atoms with van der Waals surface area (Å²) >= 11 is 1.60. The number of ether oxygens (including phenoxy) is 2. The summed E-state index contributed by atoms with van der Waals surface area (Å²) in [5.74, 6) is 1.62. The van der Waals surface area contributed by atoms with Crippen LogP contribution >= 0.6 is 11.3 Å². The Balaban J connectivity index is 0.610. The normalized spacial score (nSPS) is 25.0. The Kier molecular flexibility index (Phi) is 15.6. The van der Waals surface area contributed by atoms with Crippen LogP contribution in [0, 0.1) is 24.7 Å². The van der Waals surface area contributed by atoms with Gasteiger partial charge in [0.25, 0.3) is 5.88 Å². The van der Waals surface area contributed by atoms with E-state index in [2.05, 4.69) is 64.4 Å². The molecule has 1 aliphatic carbocycles. The van der Waals surface area contributed by atoms with Gasteiger partial charge in [-0.2, -0.15) is 0 Å². The van der Waals surface area contributed by atoms with Crippen LogP contribution in [0.15, 0.2) is 89.0 Å². The number of para-hydroxylation sites is 1. The first kappa shape index (κ1) is 53.2. The highest BCUT2D eigenvalue weighted by Gasteiger charge is 2.45. The molecule has 412 valence electrons. The Morgan fingerprint density at radius 3 is 2.42 bits per heavy atom. The number of likely N-dealkylation sites (tertiary alicyclic amines) is 2. The van der Waals surface area contributed by atoms with Gasteiger partial charge in [0, 0.05) is 80.3 Å². The van der Waals surface area contributed by atoms with Gasteiger partial charge in [-0.05, 0) is 131 Å². The molecular weight excluding hydrogens is 1010 g/mol. The van der Waals surface area contributed by atoms with Crippen molar-refractivity contribution in [3.05, 3.63) is 102 Å². The van der Waals surface area contributed by atoms with Crippen molar-refractivity contribution in [3.8, 4) is 39.2 Å². The number of pyridine rings is 1. The molecule has 4 saturated heterocycles. The number of aromatic nitrogens is 5. The summed E-state index contributed by atoms with van der Waals surface area (Å²) in [4.78, 5) is 47.2. The monoisotopic (exact) mass is 1080 g/mol. The highest BCUT2D eigenvalue weighted by molar-refractivity contribution is 7.13. The van der Waals surface area contributed by atoms with Gasteiger partial charge in [-0.3, -0.25) is 9.59 Å². The fourth-order valence-electron chi connectivity index (χ4n) is 12.8. The largest absolute Gasteiger partial charge is 0.507 e. The first-order valence-corrected chi connectivity index (χ1v) is 28.8. The van der Waals surface area contributed by atoms with E-state index < -0.39 is 18.1 Å². The maximum Gasteiger partial charge on any atom is 0.254 e. The van der Waals surface area contributed by atoms with Gasteiger partial charge in [0.1, 0.15) is 23.8 Å². The average Bonchev–Trinajstić information content (AvgIpc) is 4.34. The Morgan fingerprint density at radius 2 is 1.69 bits per heavy atom. The summed E-state index contributed by atoms with van der Waals surface area (Å²) in [5.41, 5.74) is 14.5. The van der Waals surface area contributed by atoms with Gasteiger partial charge in [-0.15, -0.1) is 21.5 Å². The zero-order valence-corrected chi connectivity index (χ0v) is 46.1. The molecular formula is C59H73N11O7S. The van der Waals surface area contributed by atoms with E-state index >= 15 is 0 Å². The number of aryl methyl sites for hydroxylation is 1. The van der Waals surface area contributed by atoms with Crippen LogP contribution in [0.4, 0.5) is 17.2 Å². The number of benzene rings is 2. The Labute approximate surface area is 460 Å². The second kappa shape index (κ2) is 22.9. The van der Waals surface area contributed by atoms with Crippen molar-refractivity contribution < 1.29 is 33.8 Å². The molecule has 1 saturated carbocycles. The van der Waals surface area contributed by atoms with Crippen molar-refractivity contribution in [1.29, 1.82) is 0 Å². The summed E-state index contributed by atoms with van der Waals surface area (Å²) < 4.78 is 18.4. The second-order valence-corrected chi connectivity index (χ2v) is 23.7. The third-order valence-corrected chi connectivity index (χ3v) is 18.1. The van der Waals surface area contributed by atoms with Gasteiger partial charge in [-0.25, -0.2) is 9.97 Å². The highest BCUT2D eigenvalue weighted by atomic mass is 32.1. The third kappa shape index (κ3) is 11.4. The first-order valence-electron chi connectivity index (χ1n) is 27.9. The van der Waals surface area contributed by atoms with Gasteiger partial charge in [0.2, 0.25) is 17.7 Å². The quantitative estimate of drug-likeness (QED) is 0.0634. The zero-order valence-electron chi connectivity index (χ0n) is 45.3. The molecule has 5 aliphatic rings. The van der Waals surface area contributed by atoms with E-state index in [0.29, 0.717) is 71.2 Å². The number of rotatable bonds is 18. The molecule has 8 heterocycles. The van der Waals surface area contributed by atoms with E-state index in [4.69, 9.17) is 19.7 Å². The van der Waals surface area contributed by atoms with Gasteiger partial charge < -0.3 is 54.9 Å². The number of phenols is 1. The van der Waals surface area contributed by atoms with E-state index in [9.17, 15) is 19.8 Å². The zero-order chi connectivity index (χ0) is 54.2. The van der Waals surface area contributed by atoms with Crippen LogP contribution in [0.1, 0.15) is 108 Å². The lowest BCUT2D eigenvalue weighted by Crippen LogP contribution is -2.54. The van der Waals surface area contributed by atoms with Crippen LogP contribution in [0.25, 0.3) is 21.7 Å². The topological polar surface area (TPSA) is 222 Å². The number of aliphatic hydroxyl groups is 1. The minimum absolute atomic E-state index is 0.0623. The number of nitrogens with zero attached hydrogens (tertiary/aromatic N) is 9. The molecule has 6 aromatic rings. The third-order valence-electron chi connectivity index (χ3n) is 17.1. The molecule has 4 aromatic heterocycles. The fraction of sp³-hybridized carbons (Fsp3) is 0.508. The molecule has 4 aliphatic heterocycles. The number of nitrogens with one attached hydrogen (secondary N) is 1. The average molecular weight is 1080 g/mol. The minimum atomic E-state index is -0.821. The number of hydrogen-bond donors (Lipinski definition) is 4. The van der Waals surface area contributed by atoms with E-state index in [-0.39, 0.29) is 48.6 Å². The number of nitrogen functional groups attached to an aromatic ring is 1. The van der Waals surface area contributed by atoms with Crippen LogP contribution < -0.4 is 30.3 Å². The second-order valence-electron chi connectivity index (χ2n) is 22.8. The van der Waals surface area contributed by atoms with Crippen LogP contribution in [0.2, 0.25) is 0 Å². The molecule has 2 aromatic carbocycles. The maximum atomic E-state index is 14.3. The van der Waals surface area contributed by atoms with E-state index in [1.54, 1.807) is 29.5 Å². The van der Waals surface area contributed by atoms with Crippen LogP contribution in [-0.2, 0) is 9.59 Å². The van der Waals surface area contributed by atoms with Crippen LogP contribution in [0.5, 0.6) is 17.5 Å². The van der Waals surface area contributed by atoms with Crippen molar-refractivity contribution in [3.63, 3.8) is 0 Å². The molecule has 0 spiro atoms. The molecule has 5 fully saturated rings. The standard InChI is InChI=1S/C59H73N11O7S/c1-34(2)55(59(74)69-32-45(71)26-50(69)58(73)63-36(4)40-10-12-41(13-11-40)56-37(5)62-33-78-56)52-28-54(66-77-52)75-21-18-38-17-20-67(35(3)22-38)29-39-23-46(24-39)76-53-25-42(16-19-61-53)70-43-14-15-44(70)31-68(30-43)49-27-48(64-65-57(49)60)47-8-6-7-9-51(47)72/h6-13,16,19,25,27-28,33-36,38-39,43-46,50,55,71-72H,14-15,17-18,20-24,26,29-32H2,1-5H3,(H2,60,65)(H,63,73)/t35-,36+,38+,39-,43?,44?,45-,46-,50+,55+/m1/s1. The summed E-state index contributed by atoms with van der Waals surface area (Å²) in [7, 11) is 0. The number of piperidine rings is 1. The number of phenolic OH excluding ortho intramolecular Hbond substituents is 1. The van der Waals surface area contributed by atoms with E-state index in [1.165, 1.54) is 4.90 Å². The number of aromatic hydroxyl groups is 1. The predicted molar refractivity (Wildman–Crippen MR) is 299 cm³/mol. The molecule has 18 nitrogen and oxygen atoms in total. The number of β-amino-alcohol motifs (C(OH)–C–C–N with tert-alkyl or cyclic N) is 1. The molecule has 0 radical (unpaired) electrons. The van der Waals surface area contributed by atoms with Crippen molar-refractivity contribution in [2.75, 3.05) is 54.9 Å². The minimum Gasteiger partial charge on any atom is -0.507 e. The smallest absolute Gasteiger partial charge is 0.254 e. The lowest BCUT2D eigenvalue weighted by atomic mass is 9.80. The van der Waals surface area contributed by atoms with Gasteiger partial charge >= 0.3 is 0 Å². The van der Waals surface area contributed by atoms with Gasteiger partial charge in [0.05, 0.1) is 46.2 Å². The van der Waals surface area contributed by atoms with Crippen molar-refractivity contribution >= 4 is 40.3 Å². The van der Waals surface area contributed by atoms with Crippen molar-refractivity contribution in [2.24, 2.45) is 17.8 Å². The molecule has 11 rings (SSSR count). The van der Waals surface area contributed by atoms with Crippen molar-refractivity contribution in [1.82, 2.24) is 40.4 Å². The number of nitrogens with two attached hydrogens (primary N) is 1. The van der Waals surface area contributed by atoms with Gasteiger partial charge in [0.15, 0.2) is 11.6 Å². The Morgan fingerprint density at radius 1 is 0.910 bits per heavy atom. The first-order chi connectivity index (χ1) is 37.7. The lowest BCUT2D eigenvalue weighted by molar-refractivity contribution is -0.141. The number of piperazine rings is 1. The summed E-state index contributed by atoms with van der Waals surface area (Å²) in [6, 6.07) is 23.0. The molecule has 2 bridgehead atoms. The Bertz CT molecular complexity index is 3040. The Hall–Kier alpha value is -6.83. The van der Waals surface area contributed by atoms with Crippen molar-refractivity contribution in [2.45, 2.75) is 134 Å². The number of hydrogen-bond acceptors (Lipinski definition) is 17. The van der Waals surface area contributed by atoms with Gasteiger partial charge in [-0.1, -0.05) is 50.2 Å². The fourth-order valence-corrected chi connectivity index (χ4v) is 13.6. The molecule has 19 heteroatoms. The molecule has 78 heavy (non-hydrogen) atoms. The summed E-state index contributed by atoms with van der Waals surface area (Å²) in [6.07, 6.45) is 8.65. The number of carbonyl (C=O) groups is 2. The summed E-state index contributed by atoms with van der Waals surface area (Å²) in [6.45, 7) is 14.4. The number of aliphatic hydroxyl groups excluding tert-OH is 1. The highest BCUT2D eigenvalue weighted by Crippen LogP contribution is 2.41. The number of amides is 2.